The molecule has 1 heterocycles. The molecule has 0 bridgehead atoms. The largest absolute Gasteiger partial charge is 0.486 e. The second-order valence-electron chi connectivity index (χ2n) is 11.3. The van der Waals surface area contributed by atoms with Gasteiger partial charge >= 0.3 is 0 Å². The molecule has 0 saturated heterocycles. The number of fused-ring (bicyclic) bond motifs is 1. The minimum Gasteiger partial charge on any atom is -0.486 e. The van der Waals surface area contributed by atoms with E-state index in [2.05, 4.69) is 5.32 Å². The summed E-state index contributed by atoms with van der Waals surface area (Å²) >= 11 is 6.27. The SMILES string of the molecule is CC(C)CNC(=O)[C@H](Cc1ccccc1)N(Cc1cccc(Cl)c1)C(=O)CCCN(c1ccc2c(c1)OCCO2)S(C)(=O)=O. The van der Waals surface area contributed by atoms with Crippen LogP contribution < -0.4 is 19.1 Å². The first-order valence-corrected chi connectivity index (χ1v) is 17.0. The van der Waals surface area contributed by atoms with Gasteiger partial charge in [-0.15, -0.1) is 0 Å². The van der Waals surface area contributed by atoms with Gasteiger partial charge in [-0.3, -0.25) is 13.9 Å². The van der Waals surface area contributed by atoms with Gasteiger partial charge in [0.15, 0.2) is 11.5 Å². The fourth-order valence-electron chi connectivity index (χ4n) is 5.00. The van der Waals surface area contributed by atoms with E-state index in [9.17, 15) is 18.0 Å². The van der Waals surface area contributed by atoms with E-state index in [1.165, 1.54) is 4.31 Å². The van der Waals surface area contributed by atoms with E-state index in [4.69, 9.17) is 21.1 Å². The van der Waals surface area contributed by atoms with Crippen molar-refractivity contribution in [2.75, 3.05) is 36.9 Å². The minimum absolute atomic E-state index is 0.0277. The standard InChI is InChI=1S/C33H40ClN3O6S/c1-24(2)22-35-33(39)29(20-25-9-5-4-6-10-25)36(23-26-11-7-12-27(34)19-26)32(38)13-8-16-37(44(3,40)41)28-14-15-30-31(21-28)43-18-17-42-30/h4-7,9-12,14-15,19,21,24,29H,8,13,16-18,20,22-23H2,1-3H3,(H,35,39)/t29-/m0/s1. The summed E-state index contributed by atoms with van der Waals surface area (Å²) in [5, 5.41) is 3.54. The van der Waals surface area contributed by atoms with Crippen LogP contribution in [0, 0.1) is 5.92 Å². The van der Waals surface area contributed by atoms with Gasteiger partial charge in [0.2, 0.25) is 21.8 Å². The van der Waals surface area contributed by atoms with Crippen LogP contribution in [0.1, 0.15) is 37.8 Å². The number of rotatable bonds is 14. The van der Waals surface area contributed by atoms with Gasteiger partial charge in [-0.2, -0.15) is 0 Å². The molecule has 2 amide bonds. The van der Waals surface area contributed by atoms with Crippen molar-refractivity contribution in [1.29, 1.82) is 0 Å². The molecule has 3 aromatic carbocycles. The molecule has 1 aliphatic rings. The second-order valence-corrected chi connectivity index (χ2v) is 13.6. The van der Waals surface area contributed by atoms with Gasteiger partial charge in [0, 0.05) is 43.6 Å². The lowest BCUT2D eigenvalue weighted by Crippen LogP contribution is -2.51. The maximum Gasteiger partial charge on any atom is 0.243 e. The second kappa shape index (κ2) is 15.3. The van der Waals surface area contributed by atoms with E-state index >= 15 is 0 Å². The molecule has 0 fully saturated rings. The van der Waals surface area contributed by atoms with E-state index in [0.717, 1.165) is 17.4 Å². The number of anilines is 1. The molecule has 1 atom stereocenters. The molecule has 0 radical (unpaired) electrons. The van der Waals surface area contributed by atoms with Crippen molar-refractivity contribution in [2.45, 2.75) is 45.7 Å². The Morgan fingerprint density at radius 1 is 0.932 bits per heavy atom. The van der Waals surface area contributed by atoms with Crippen molar-refractivity contribution in [2.24, 2.45) is 5.92 Å². The molecule has 0 saturated carbocycles. The van der Waals surface area contributed by atoms with Crippen LogP contribution in [0.3, 0.4) is 0 Å². The third kappa shape index (κ3) is 9.37. The molecule has 0 aromatic heterocycles. The summed E-state index contributed by atoms with van der Waals surface area (Å²) in [5.41, 5.74) is 2.13. The third-order valence-electron chi connectivity index (χ3n) is 7.16. The van der Waals surface area contributed by atoms with E-state index in [0.29, 0.717) is 48.4 Å². The highest BCUT2D eigenvalue weighted by Crippen LogP contribution is 2.35. The van der Waals surface area contributed by atoms with Crippen molar-refractivity contribution >= 4 is 39.1 Å². The molecule has 1 N–H and O–H groups in total. The number of sulfonamides is 1. The fourth-order valence-corrected chi connectivity index (χ4v) is 6.17. The fraction of sp³-hybridized carbons (Fsp3) is 0.394. The lowest BCUT2D eigenvalue weighted by atomic mass is 10.0. The Balaban J connectivity index is 1.57. The average Bonchev–Trinajstić information content (AvgIpc) is 2.99. The first kappa shape index (κ1) is 33.1. The third-order valence-corrected chi connectivity index (χ3v) is 8.59. The van der Waals surface area contributed by atoms with Gasteiger partial charge in [0.1, 0.15) is 19.3 Å². The number of benzene rings is 3. The Labute approximate surface area is 265 Å². The summed E-state index contributed by atoms with van der Waals surface area (Å²) in [4.78, 5) is 29.2. The first-order valence-electron chi connectivity index (χ1n) is 14.7. The number of amides is 2. The predicted molar refractivity (Wildman–Crippen MR) is 173 cm³/mol. The zero-order valence-electron chi connectivity index (χ0n) is 25.4. The summed E-state index contributed by atoms with van der Waals surface area (Å²) in [5.74, 6) is 0.756. The number of nitrogens with zero attached hydrogens (tertiary/aromatic N) is 2. The molecule has 0 spiro atoms. The molecular formula is C33H40ClN3O6S. The predicted octanol–water partition coefficient (Wildman–Crippen LogP) is 5.07. The van der Waals surface area contributed by atoms with Crippen LogP contribution >= 0.6 is 11.6 Å². The normalized spacial score (nSPS) is 13.3. The molecule has 0 aliphatic carbocycles. The van der Waals surface area contributed by atoms with Crippen molar-refractivity contribution in [3.8, 4) is 11.5 Å². The smallest absolute Gasteiger partial charge is 0.243 e. The molecular weight excluding hydrogens is 602 g/mol. The Hall–Kier alpha value is -3.76. The summed E-state index contributed by atoms with van der Waals surface area (Å²) in [7, 11) is -3.67. The number of hydrogen-bond acceptors (Lipinski definition) is 6. The number of hydrogen-bond donors (Lipinski definition) is 1. The molecule has 4 rings (SSSR count). The highest BCUT2D eigenvalue weighted by molar-refractivity contribution is 7.92. The van der Waals surface area contributed by atoms with Crippen LogP contribution in [0.2, 0.25) is 5.02 Å². The van der Waals surface area contributed by atoms with E-state index < -0.39 is 16.1 Å². The Kier molecular flexibility index (Phi) is 11.5. The lowest BCUT2D eigenvalue weighted by Gasteiger charge is -2.32. The van der Waals surface area contributed by atoms with Gasteiger partial charge in [0.05, 0.1) is 11.9 Å². The van der Waals surface area contributed by atoms with Gasteiger partial charge in [-0.05, 0) is 47.7 Å². The van der Waals surface area contributed by atoms with Crippen molar-refractivity contribution in [3.63, 3.8) is 0 Å². The zero-order chi connectivity index (χ0) is 31.7. The molecule has 11 heteroatoms. The number of halogens is 1. The van der Waals surface area contributed by atoms with E-state index in [-0.39, 0.29) is 43.7 Å². The molecule has 9 nitrogen and oxygen atoms in total. The van der Waals surface area contributed by atoms with E-state index in [1.807, 2.05) is 56.3 Å². The Bertz CT molecular complexity index is 1530. The van der Waals surface area contributed by atoms with Crippen molar-refractivity contribution in [1.82, 2.24) is 10.2 Å². The summed E-state index contributed by atoms with van der Waals surface area (Å²) in [6.45, 7) is 5.54. The van der Waals surface area contributed by atoms with E-state index in [1.54, 1.807) is 35.2 Å². The first-order chi connectivity index (χ1) is 21.0. The van der Waals surface area contributed by atoms with Crippen LogP contribution in [0.4, 0.5) is 5.69 Å². The number of nitrogens with one attached hydrogen (secondary N) is 1. The molecule has 236 valence electrons. The van der Waals surface area contributed by atoms with Crippen molar-refractivity contribution in [3.05, 3.63) is 88.9 Å². The van der Waals surface area contributed by atoms with Gasteiger partial charge in [0.25, 0.3) is 0 Å². The quantitative estimate of drug-likeness (QED) is 0.264. The maximum absolute atomic E-state index is 14.0. The Morgan fingerprint density at radius 3 is 2.32 bits per heavy atom. The number of carbonyl (C=O) groups excluding carboxylic acids is 2. The molecule has 1 aliphatic heterocycles. The summed E-state index contributed by atoms with van der Waals surface area (Å²) in [6, 6.07) is 21.0. The van der Waals surface area contributed by atoms with Crippen LogP contribution in [-0.4, -0.2) is 63.7 Å². The summed E-state index contributed by atoms with van der Waals surface area (Å²) in [6.07, 6.45) is 1.72. The monoisotopic (exact) mass is 641 g/mol. The molecule has 44 heavy (non-hydrogen) atoms. The highest BCUT2D eigenvalue weighted by Gasteiger charge is 2.31. The summed E-state index contributed by atoms with van der Waals surface area (Å²) < 4.78 is 38.1. The van der Waals surface area contributed by atoms with Gasteiger partial charge in [-0.1, -0.05) is 67.9 Å². The number of ether oxygens (including phenoxy) is 2. The topological polar surface area (TPSA) is 105 Å². The molecule has 3 aromatic rings. The van der Waals surface area contributed by atoms with Crippen LogP contribution in [-0.2, 0) is 32.6 Å². The van der Waals surface area contributed by atoms with Crippen LogP contribution in [0.25, 0.3) is 0 Å². The Morgan fingerprint density at radius 2 is 1.64 bits per heavy atom. The average molecular weight is 642 g/mol. The van der Waals surface area contributed by atoms with Crippen LogP contribution in [0.15, 0.2) is 72.8 Å². The lowest BCUT2D eigenvalue weighted by molar-refractivity contribution is -0.141. The highest BCUT2D eigenvalue weighted by atomic mass is 35.5. The molecule has 0 unspecified atom stereocenters. The number of carbonyl (C=O) groups is 2. The van der Waals surface area contributed by atoms with Gasteiger partial charge < -0.3 is 19.7 Å². The minimum atomic E-state index is -3.67. The van der Waals surface area contributed by atoms with Crippen molar-refractivity contribution < 1.29 is 27.5 Å². The zero-order valence-corrected chi connectivity index (χ0v) is 26.9. The van der Waals surface area contributed by atoms with Crippen LogP contribution in [0.5, 0.6) is 11.5 Å². The maximum atomic E-state index is 14.0. The van der Waals surface area contributed by atoms with Gasteiger partial charge in [-0.25, -0.2) is 8.42 Å².